The van der Waals surface area contributed by atoms with Gasteiger partial charge in [0.05, 0.1) is 12.1 Å². The van der Waals surface area contributed by atoms with Crippen LogP contribution in [0.3, 0.4) is 0 Å². The Balaban J connectivity index is 2.43. The van der Waals surface area contributed by atoms with Crippen LogP contribution in [0, 0.1) is 0 Å². The van der Waals surface area contributed by atoms with E-state index in [4.69, 9.17) is 10.2 Å². The summed E-state index contributed by atoms with van der Waals surface area (Å²) in [5.74, 6) is 0. The molecule has 0 aliphatic heterocycles. The van der Waals surface area contributed by atoms with Crippen molar-refractivity contribution in [1.82, 2.24) is 10.6 Å². The van der Waals surface area contributed by atoms with Crippen LogP contribution >= 0.6 is 0 Å². The highest BCUT2D eigenvalue weighted by Gasteiger charge is 2.29. The van der Waals surface area contributed by atoms with Gasteiger partial charge >= 0.3 is 12.2 Å². The van der Waals surface area contributed by atoms with Gasteiger partial charge in [0.15, 0.2) is 0 Å². The van der Waals surface area contributed by atoms with Crippen molar-refractivity contribution in [2.24, 2.45) is 0 Å². The quantitative estimate of drug-likeness (QED) is 0.505. The van der Waals surface area contributed by atoms with Crippen molar-refractivity contribution < 1.29 is 19.8 Å². The fourth-order valence-electron chi connectivity index (χ4n) is 1.62. The van der Waals surface area contributed by atoms with Gasteiger partial charge < -0.3 is 20.8 Å². The Hall–Kier alpha value is -1.46. The van der Waals surface area contributed by atoms with E-state index in [-0.39, 0.29) is 12.1 Å². The molecule has 4 N–H and O–H groups in total. The Morgan fingerprint density at radius 2 is 1.38 bits per heavy atom. The first-order valence-electron chi connectivity index (χ1n) is 4.08. The molecular formula is C7H12N2O4. The van der Waals surface area contributed by atoms with Gasteiger partial charge in [-0.1, -0.05) is 0 Å². The van der Waals surface area contributed by atoms with Crippen LogP contribution in [0.1, 0.15) is 19.3 Å². The van der Waals surface area contributed by atoms with Crippen LogP contribution in [-0.4, -0.2) is 34.5 Å². The maximum atomic E-state index is 10.3. The molecular weight excluding hydrogens is 176 g/mol. The maximum Gasteiger partial charge on any atom is 0.404 e. The van der Waals surface area contributed by atoms with Gasteiger partial charge in [-0.25, -0.2) is 9.59 Å². The summed E-state index contributed by atoms with van der Waals surface area (Å²) in [5.41, 5.74) is 0. The first-order valence-corrected chi connectivity index (χ1v) is 4.08. The minimum Gasteiger partial charge on any atom is -0.465 e. The molecule has 74 valence electrons. The molecule has 1 aliphatic carbocycles. The van der Waals surface area contributed by atoms with E-state index in [0.29, 0.717) is 12.8 Å². The molecule has 13 heavy (non-hydrogen) atoms. The van der Waals surface area contributed by atoms with Gasteiger partial charge in [-0.2, -0.15) is 0 Å². The normalized spacial score (nSPS) is 26.8. The van der Waals surface area contributed by atoms with Crippen LogP contribution in [0.4, 0.5) is 9.59 Å². The summed E-state index contributed by atoms with van der Waals surface area (Å²) in [4.78, 5) is 20.6. The van der Waals surface area contributed by atoms with E-state index in [0.717, 1.165) is 6.42 Å². The number of amides is 2. The highest BCUT2D eigenvalue weighted by Crippen LogP contribution is 2.18. The highest BCUT2D eigenvalue weighted by atomic mass is 16.4. The molecule has 1 fully saturated rings. The number of hydrogen-bond acceptors (Lipinski definition) is 2. The van der Waals surface area contributed by atoms with E-state index in [1.54, 1.807) is 0 Å². The number of rotatable bonds is 2. The number of carboxylic acid groups (broad SMARTS) is 2. The van der Waals surface area contributed by atoms with Crippen LogP contribution in [-0.2, 0) is 0 Å². The second-order valence-corrected chi connectivity index (χ2v) is 3.04. The Bertz CT molecular complexity index is 197. The van der Waals surface area contributed by atoms with E-state index in [2.05, 4.69) is 10.6 Å². The summed E-state index contributed by atoms with van der Waals surface area (Å²) < 4.78 is 0. The molecule has 0 unspecified atom stereocenters. The van der Waals surface area contributed by atoms with Crippen molar-refractivity contribution in [1.29, 1.82) is 0 Å². The van der Waals surface area contributed by atoms with E-state index in [1.807, 2.05) is 0 Å². The first kappa shape index (κ1) is 9.63. The summed E-state index contributed by atoms with van der Waals surface area (Å²) in [6.07, 6.45) is 0.0119. The van der Waals surface area contributed by atoms with Gasteiger partial charge in [-0.15, -0.1) is 0 Å². The third-order valence-electron chi connectivity index (χ3n) is 2.13. The molecule has 0 aromatic rings. The smallest absolute Gasteiger partial charge is 0.404 e. The largest absolute Gasteiger partial charge is 0.465 e. The van der Waals surface area contributed by atoms with E-state index >= 15 is 0 Å². The van der Waals surface area contributed by atoms with Gasteiger partial charge in [-0.3, -0.25) is 0 Å². The zero-order chi connectivity index (χ0) is 9.84. The summed E-state index contributed by atoms with van der Waals surface area (Å²) in [6.45, 7) is 0. The predicted molar refractivity (Wildman–Crippen MR) is 43.7 cm³/mol. The van der Waals surface area contributed by atoms with Gasteiger partial charge in [0.1, 0.15) is 0 Å². The molecule has 1 rings (SSSR count). The molecule has 2 amide bonds. The lowest BCUT2D eigenvalue weighted by molar-refractivity contribution is 0.178. The van der Waals surface area contributed by atoms with Gasteiger partial charge in [0, 0.05) is 0 Å². The second kappa shape index (κ2) is 3.97. The molecule has 2 atom stereocenters. The van der Waals surface area contributed by atoms with E-state index < -0.39 is 12.2 Å². The SMILES string of the molecule is O=C(O)N[C@H]1CCC[C@@H]1NC(=O)O. The highest BCUT2D eigenvalue weighted by molar-refractivity contribution is 5.67. The second-order valence-electron chi connectivity index (χ2n) is 3.04. The predicted octanol–water partition coefficient (Wildman–Crippen LogP) is 0.443. The van der Waals surface area contributed by atoms with Crippen LogP contribution in [0.5, 0.6) is 0 Å². The molecule has 0 bridgehead atoms. The Morgan fingerprint density at radius 1 is 1.00 bits per heavy atom. The Kier molecular flexibility index (Phi) is 2.94. The van der Waals surface area contributed by atoms with E-state index in [9.17, 15) is 9.59 Å². The van der Waals surface area contributed by atoms with Gasteiger partial charge in [-0.05, 0) is 19.3 Å². The average molecular weight is 188 g/mol. The summed E-state index contributed by atoms with van der Waals surface area (Å²) in [5, 5.41) is 21.5. The molecule has 1 aliphatic rings. The summed E-state index contributed by atoms with van der Waals surface area (Å²) in [7, 11) is 0. The molecule has 0 aromatic heterocycles. The first-order chi connectivity index (χ1) is 6.09. The van der Waals surface area contributed by atoms with E-state index in [1.165, 1.54) is 0 Å². The van der Waals surface area contributed by atoms with Crippen LogP contribution < -0.4 is 10.6 Å². The fraction of sp³-hybridized carbons (Fsp3) is 0.714. The molecule has 1 saturated carbocycles. The number of carbonyl (C=O) groups is 2. The number of hydrogen-bond donors (Lipinski definition) is 4. The molecule has 6 heteroatoms. The van der Waals surface area contributed by atoms with Crippen molar-refractivity contribution in [3.05, 3.63) is 0 Å². The topological polar surface area (TPSA) is 98.7 Å². The molecule has 0 aromatic carbocycles. The van der Waals surface area contributed by atoms with Crippen molar-refractivity contribution >= 4 is 12.2 Å². The monoisotopic (exact) mass is 188 g/mol. The summed E-state index contributed by atoms with van der Waals surface area (Å²) >= 11 is 0. The van der Waals surface area contributed by atoms with Crippen molar-refractivity contribution in [2.75, 3.05) is 0 Å². The molecule has 0 radical (unpaired) electrons. The summed E-state index contributed by atoms with van der Waals surface area (Å²) in [6, 6.07) is -0.567. The van der Waals surface area contributed by atoms with Crippen molar-refractivity contribution in [3.8, 4) is 0 Å². The molecule has 6 nitrogen and oxygen atoms in total. The standard InChI is InChI=1S/C7H12N2O4/c10-6(11)8-4-2-1-3-5(4)9-7(12)13/h4-5,8-9H,1-3H2,(H,10,11)(H,12,13)/t4-,5-/m0/s1. The van der Waals surface area contributed by atoms with Gasteiger partial charge in [0.25, 0.3) is 0 Å². The van der Waals surface area contributed by atoms with Crippen LogP contribution in [0.25, 0.3) is 0 Å². The number of nitrogens with one attached hydrogen (secondary N) is 2. The molecule has 0 spiro atoms. The molecule has 0 heterocycles. The molecule has 0 saturated heterocycles. The zero-order valence-corrected chi connectivity index (χ0v) is 6.99. The fourth-order valence-corrected chi connectivity index (χ4v) is 1.62. The minimum atomic E-state index is -1.11. The minimum absolute atomic E-state index is 0.284. The lowest BCUT2D eigenvalue weighted by Crippen LogP contribution is -2.47. The third-order valence-corrected chi connectivity index (χ3v) is 2.13. The van der Waals surface area contributed by atoms with Crippen LogP contribution in [0.15, 0.2) is 0 Å². The Labute approximate surface area is 74.9 Å². The third kappa shape index (κ3) is 2.81. The lowest BCUT2D eigenvalue weighted by atomic mass is 10.2. The average Bonchev–Trinajstić information content (AvgIpc) is 2.34. The lowest BCUT2D eigenvalue weighted by Gasteiger charge is -2.18. The van der Waals surface area contributed by atoms with Crippen molar-refractivity contribution in [2.45, 2.75) is 31.3 Å². The van der Waals surface area contributed by atoms with Crippen molar-refractivity contribution in [3.63, 3.8) is 0 Å². The Morgan fingerprint density at radius 3 is 1.69 bits per heavy atom. The maximum absolute atomic E-state index is 10.3. The van der Waals surface area contributed by atoms with Gasteiger partial charge in [0.2, 0.25) is 0 Å². The zero-order valence-electron chi connectivity index (χ0n) is 6.99. The van der Waals surface area contributed by atoms with Crippen LogP contribution in [0.2, 0.25) is 0 Å².